The van der Waals surface area contributed by atoms with Gasteiger partial charge in [0.25, 0.3) is 0 Å². The summed E-state index contributed by atoms with van der Waals surface area (Å²) in [6.45, 7) is 0. The van der Waals surface area contributed by atoms with E-state index in [0.29, 0.717) is 23.4 Å². The molecule has 0 spiro atoms. The summed E-state index contributed by atoms with van der Waals surface area (Å²) in [6.07, 6.45) is 5.64. The molecule has 5 heteroatoms. The third-order valence-electron chi connectivity index (χ3n) is 4.50. The van der Waals surface area contributed by atoms with Gasteiger partial charge in [0.2, 0.25) is 6.19 Å². The second-order valence-electron chi connectivity index (χ2n) is 6.16. The number of fused-ring (bicyclic) bond motifs is 1. The minimum absolute atomic E-state index is 0.230. The lowest BCUT2D eigenvalue weighted by Crippen LogP contribution is -2.21. The number of aliphatic imine (C=N–C) groups is 1. The fraction of sp³-hybridized carbons (Fsp3) is 0.0909. The summed E-state index contributed by atoms with van der Waals surface area (Å²) in [5.74, 6) is 0.685. The maximum atomic E-state index is 9.13. The number of benzene rings is 2. The molecule has 1 aliphatic rings. The van der Waals surface area contributed by atoms with Gasteiger partial charge in [-0.25, -0.2) is 0 Å². The van der Waals surface area contributed by atoms with Crippen molar-refractivity contribution >= 4 is 5.71 Å². The van der Waals surface area contributed by atoms with Gasteiger partial charge in [-0.3, -0.25) is 4.98 Å². The molecule has 0 radical (unpaired) electrons. The topological polar surface area (TPSA) is 82.1 Å². The fourth-order valence-corrected chi connectivity index (χ4v) is 3.21. The summed E-state index contributed by atoms with van der Waals surface area (Å²) >= 11 is 0. The number of hydrogen-bond acceptors (Lipinski definition) is 5. The van der Waals surface area contributed by atoms with Gasteiger partial charge in [0.05, 0.1) is 17.3 Å². The molecule has 1 aromatic heterocycles. The molecule has 2 heterocycles. The molecular formula is C22H14N4O. The predicted molar refractivity (Wildman–Crippen MR) is 101 cm³/mol. The minimum atomic E-state index is -0.230. The van der Waals surface area contributed by atoms with Crippen LogP contribution in [0.5, 0.6) is 5.75 Å². The molecule has 4 rings (SSSR count). The first-order chi connectivity index (χ1) is 13.3. The van der Waals surface area contributed by atoms with Crippen LogP contribution in [0.1, 0.15) is 29.2 Å². The first kappa shape index (κ1) is 16.5. The van der Waals surface area contributed by atoms with Crippen molar-refractivity contribution in [1.29, 1.82) is 10.5 Å². The Kier molecular flexibility index (Phi) is 4.35. The van der Waals surface area contributed by atoms with Crippen LogP contribution < -0.4 is 4.74 Å². The number of nitriles is 2. The van der Waals surface area contributed by atoms with Crippen molar-refractivity contribution in [1.82, 2.24) is 4.98 Å². The van der Waals surface area contributed by atoms with E-state index in [4.69, 9.17) is 15.3 Å². The van der Waals surface area contributed by atoms with Crippen molar-refractivity contribution in [3.05, 3.63) is 83.7 Å². The molecule has 0 N–H and O–H groups in total. The van der Waals surface area contributed by atoms with Gasteiger partial charge in [0.15, 0.2) is 0 Å². The second-order valence-corrected chi connectivity index (χ2v) is 6.16. The average Bonchev–Trinajstić information content (AvgIpc) is 2.74. The van der Waals surface area contributed by atoms with E-state index in [1.54, 1.807) is 18.5 Å². The summed E-state index contributed by atoms with van der Waals surface area (Å²) in [5.41, 5.74) is 4.91. The molecule has 27 heavy (non-hydrogen) atoms. The Morgan fingerprint density at radius 1 is 1.04 bits per heavy atom. The molecule has 128 valence electrons. The third kappa shape index (κ3) is 3.27. The molecular weight excluding hydrogens is 336 g/mol. The zero-order valence-electron chi connectivity index (χ0n) is 14.3. The number of nitrogens with zero attached hydrogens (tertiary/aromatic N) is 4. The van der Waals surface area contributed by atoms with Gasteiger partial charge in [-0.05, 0) is 41.5 Å². The van der Waals surface area contributed by atoms with E-state index in [2.05, 4.69) is 16.0 Å². The largest absolute Gasteiger partial charge is 0.485 e. The van der Waals surface area contributed by atoms with Crippen LogP contribution in [0.3, 0.4) is 0 Å². The molecule has 5 nitrogen and oxygen atoms in total. The number of hydrogen-bond donors (Lipinski definition) is 0. The van der Waals surface area contributed by atoms with E-state index in [1.807, 2.05) is 54.7 Å². The van der Waals surface area contributed by atoms with E-state index < -0.39 is 0 Å². The smallest absolute Gasteiger partial charge is 0.205 e. The molecule has 0 saturated carbocycles. The standard InChI is InChI=1S/C22H14N4O/c23-12-15-3-1-4-16(9-15)17-6-7-21-19(10-17)20(26-14-24)11-22(27-21)18-5-2-8-25-13-18/h1-10,13,22H,11H2. The summed E-state index contributed by atoms with van der Waals surface area (Å²) in [5, 5.41) is 18.2. The third-order valence-corrected chi connectivity index (χ3v) is 4.50. The Morgan fingerprint density at radius 3 is 2.70 bits per heavy atom. The van der Waals surface area contributed by atoms with E-state index in [-0.39, 0.29) is 6.10 Å². The van der Waals surface area contributed by atoms with Crippen molar-refractivity contribution in [3.63, 3.8) is 0 Å². The lowest BCUT2D eigenvalue weighted by molar-refractivity contribution is 0.206. The Balaban J connectivity index is 1.76. The zero-order chi connectivity index (χ0) is 18.6. The maximum Gasteiger partial charge on any atom is 0.205 e. The van der Waals surface area contributed by atoms with Crippen LogP contribution in [0.25, 0.3) is 11.1 Å². The van der Waals surface area contributed by atoms with Crippen LogP contribution in [0.4, 0.5) is 0 Å². The Bertz CT molecular complexity index is 1110. The highest BCUT2D eigenvalue weighted by atomic mass is 16.5. The molecule has 1 aliphatic heterocycles. The molecule has 0 amide bonds. The first-order valence-corrected chi connectivity index (χ1v) is 8.45. The number of ether oxygens (including phenoxy) is 1. The molecule has 1 unspecified atom stereocenters. The Morgan fingerprint density at radius 2 is 1.93 bits per heavy atom. The van der Waals surface area contributed by atoms with Crippen LogP contribution in [-0.2, 0) is 0 Å². The highest BCUT2D eigenvalue weighted by Gasteiger charge is 2.27. The summed E-state index contributed by atoms with van der Waals surface area (Å²) in [6, 6.07) is 19.2. The Hall–Kier alpha value is -3.96. The van der Waals surface area contributed by atoms with Gasteiger partial charge < -0.3 is 4.74 Å². The van der Waals surface area contributed by atoms with Gasteiger partial charge in [-0.1, -0.05) is 24.3 Å². The molecule has 0 fully saturated rings. The Labute approximate surface area is 156 Å². The van der Waals surface area contributed by atoms with Crippen molar-refractivity contribution < 1.29 is 4.74 Å². The highest BCUT2D eigenvalue weighted by molar-refractivity contribution is 6.05. The van der Waals surface area contributed by atoms with Gasteiger partial charge >= 0.3 is 0 Å². The van der Waals surface area contributed by atoms with Crippen LogP contribution in [0.15, 0.2) is 72.0 Å². The van der Waals surface area contributed by atoms with Crippen molar-refractivity contribution in [2.45, 2.75) is 12.5 Å². The highest BCUT2D eigenvalue weighted by Crippen LogP contribution is 2.37. The van der Waals surface area contributed by atoms with Gasteiger partial charge in [-0.15, -0.1) is 0 Å². The summed E-state index contributed by atoms with van der Waals surface area (Å²) in [7, 11) is 0. The van der Waals surface area contributed by atoms with Gasteiger partial charge in [0, 0.05) is 29.9 Å². The normalized spacial score (nSPS) is 16.7. The predicted octanol–water partition coefficient (Wildman–Crippen LogP) is 4.41. The van der Waals surface area contributed by atoms with Crippen LogP contribution >= 0.6 is 0 Å². The summed E-state index contributed by atoms with van der Waals surface area (Å²) < 4.78 is 6.15. The van der Waals surface area contributed by atoms with Crippen molar-refractivity contribution in [2.24, 2.45) is 4.99 Å². The van der Waals surface area contributed by atoms with Crippen LogP contribution in [0.2, 0.25) is 0 Å². The second kappa shape index (κ2) is 7.11. The molecule has 0 aliphatic carbocycles. The number of pyridine rings is 1. The van der Waals surface area contributed by atoms with Gasteiger partial charge in [-0.2, -0.15) is 15.5 Å². The number of aromatic nitrogens is 1. The van der Waals surface area contributed by atoms with Crippen molar-refractivity contribution in [3.8, 4) is 29.1 Å². The molecule has 3 aromatic rings. The average molecular weight is 350 g/mol. The monoisotopic (exact) mass is 350 g/mol. The molecule has 1 atom stereocenters. The maximum absolute atomic E-state index is 9.13. The van der Waals surface area contributed by atoms with E-state index in [9.17, 15) is 0 Å². The zero-order valence-corrected chi connectivity index (χ0v) is 14.3. The number of rotatable bonds is 2. The van der Waals surface area contributed by atoms with Crippen LogP contribution in [-0.4, -0.2) is 10.7 Å². The molecule has 2 aromatic carbocycles. The minimum Gasteiger partial charge on any atom is -0.485 e. The van der Waals surface area contributed by atoms with E-state index in [0.717, 1.165) is 22.3 Å². The summed E-state index contributed by atoms with van der Waals surface area (Å²) in [4.78, 5) is 8.18. The molecule has 0 bridgehead atoms. The first-order valence-electron chi connectivity index (χ1n) is 8.45. The lowest BCUT2D eigenvalue weighted by Gasteiger charge is -2.27. The SMILES string of the molecule is N#CN=C1CC(c2cccnc2)Oc2ccc(-c3cccc(C#N)c3)cc21. The quantitative estimate of drug-likeness (QED) is 0.641. The molecule has 0 saturated heterocycles. The fourth-order valence-electron chi connectivity index (χ4n) is 3.21. The van der Waals surface area contributed by atoms with Gasteiger partial charge in [0.1, 0.15) is 11.9 Å². The van der Waals surface area contributed by atoms with Crippen molar-refractivity contribution in [2.75, 3.05) is 0 Å². The van der Waals surface area contributed by atoms with E-state index in [1.165, 1.54) is 0 Å². The van der Waals surface area contributed by atoms with E-state index >= 15 is 0 Å². The lowest BCUT2D eigenvalue weighted by atomic mass is 9.93. The van der Waals surface area contributed by atoms with Crippen LogP contribution in [0, 0.1) is 22.8 Å².